The summed E-state index contributed by atoms with van der Waals surface area (Å²) in [5.41, 5.74) is 1.24. The van der Waals surface area contributed by atoms with E-state index in [-0.39, 0.29) is 24.2 Å². The molecule has 1 aliphatic rings. The zero-order valence-electron chi connectivity index (χ0n) is 15.5. The van der Waals surface area contributed by atoms with Gasteiger partial charge in [0.1, 0.15) is 5.82 Å². The van der Waals surface area contributed by atoms with Crippen molar-refractivity contribution in [1.82, 2.24) is 14.7 Å². The summed E-state index contributed by atoms with van der Waals surface area (Å²) in [6.07, 6.45) is 0. The molecule has 5 nitrogen and oxygen atoms in total. The molecule has 142 valence electrons. The predicted octanol–water partition coefficient (Wildman–Crippen LogP) is 2.24. The number of rotatable bonds is 5. The maximum atomic E-state index is 13.8. The Morgan fingerprint density at radius 1 is 0.963 bits per heavy atom. The molecule has 3 rings (SSSR count). The number of amides is 2. The lowest BCUT2D eigenvalue weighted by Crippen LogP contribution is -2.51. The van der Waals surface area contributed by atoms with Crippen LogP contribution in [-0.4, -0.2) is 66.3 Å². The minimum Gasteiger partial charge on any atom is -0.339 e. The number of nitrogens with zero attached hydrogens (tertiary/aromatic N) is 3. The molecule has 0 spiro atoms. The first-order valence-corrected chi connectivity index (χ1v) is 9.08. The van der Waals surface area contributed by atoms with Crippen LogP contribution in [0.4, 0.5) is 4.39 Å². The lowest BCUT2D eigenvalue weighted by atomic mass is 10.2. The van der Waals surface area contributed by atoms with Gasteiger partial charge < -0.3 is 9.80 Å². The smallest absolute Gasteiger partial charge is 0.254 e. The summed E-state index contributed by atoms with van der Waals surface area (Å²) in [5, 5.41) is 0. The largest absolute Gasteiger partial charge is 0.339 e. The molecule has 0 saturated carbocycles. The van der Waals surface area contributed by atoms with Crippen molar-refractivity contribution >= 4 is 11.8 Å². The second kappa shape index (κ2) is 8.77. The topological polar surface area (TPSA) is 43.9 Å². The van der Waals surface area contributed by atoms with Gasteiger partial charge in [0.2, 0.25) is 5.91 Å². The first-order chi connectivity index (χ1) is 13.0. The molecule has 1 heterocycles. The van der Waals surface area contributed by atoms with Gasteiger partial charge in [-0.3, -0.25) is 14.5 Å². The van der Waals surface area contributed by atoms with Crippen LogP contribution in [0.25, 0.3) is 0 Å². The van der Waals surface area contributed by atoms with Gasteiger partial charge in [-0.2, -0.15) is 0 Å². The van der Waals surface area contributed by atoms with Crippen LogP contribution in [0.2, 0.25) is 0 Å². The van der Waals surface area contributed by atoms with E-state index in [0.29, 0.717) is 43.9 Å². The molecule has 27 heavy (non-hydrogen) atoms. The van der Waals surface area contributed by atoms with Crippen LogP contribution in [0.3, 0.4) is 0 Å². The predicted molar refractivity (Wildman–Crippen MR) is 102 cm³/mol. The Hall–Kier alpha value is -2.73. The highest BCUT2D eigenvalue weighted by atomic mass is 19.1. The van der Waals surface area contributed by atoms with Gasteiger partial charge in [-0.05, 0) is 18.2 Å². The van der Waals surface area contributed by atoms with Crippen LogP contribution in [0.15, 0.2) is 54.6 Å². The van der Waals surface area contributed by atoms with Gasteiger partial charge in [0.05, 0.1) is 6.54 Å². The lowest BCUT2D eigenvalue weighted by Gasteiger charge is -2.35. The molecule has 2 aromatic rings. The number of hydrogen-bond acceptors (Lipinski definition) is 3. The van der Waals surface area contributed by atoms with Crippen molar-refractivity contribution in [2.75, 3.05) is 39.8 Å². The second-order valence-corrected chi connectivity index (χ2v) is 6.78. The van der Waals surface area contributed by atoms with Crippen LogP contribution in [0, 0.1) is 5.82 Å². The van der Waals surface area contributed by atoms with Crippen LogP contribution < -0.4 is 0 Å². The summed E-state index contributed by atoms with van der Waals surface area (Å²) in [5.74, 6) is -0.425. The Morgan fingerprint density at radius 3 is 2.26 bits per heavy atom. The molecule has 2 amide bonds. The van der Waals surface area contributed by atoms with E-state index >= 15 is 0 Å². The maximum absolute atomic E-state index is 13.8. The van der Waals surface area contributed by atoms with Gasteiger partial charge >= 0.3 is 0 Å². The van der Waals surface area contributed by atoms with Crippen molar-refractivity contribution in [3.05, 3.63) is 71.5 Å². The first-order valence-electron chi connectivity index (χ1n) is 9.08. The third kappa shape index (κ3) is 4.92. The third-order valence-electron chi connectivity index (χ3n) is 4.82. The zero-order chi connectivity index (χ0) is 19.2. The van der Waals surface area contributed by atoms with E-state index in [2.05, 4.69) is 4.90 Å². The Morgan fingerprint density at radius 2 is 1.59 bits per heavy atom. The Kier molecular flexibility index (Phi) is 6.19. The highest BCUT2D eigenvalue weighted by Crippen LogP contribution is 2.12. The molecule has 1 aliphatic heterocycles. The molecule has 0 aromatic heterocycles. The van der Waals surface area contributed by atoms with Crippen molar-refractivity contribution in [2.24, 2.45) is 0 Å². The molecule has 0 unspecified atom stereocenters. The van der Waals surface area contributed by atoms with Gasteiger partial charge in [0.25, 0.3) is 5.91 Å². The number of benzene rings is 2. The summed E-state index contributed by atoms with van der Waals surface area (Å²) >= 11 is 0. The SMILES string of the molecule is CN(CC(=O)N1CCN(Cc2ccccc2F)CC1)C(=O)c1ccccc1. The van der Waals surface area contributed by atoms with Crippen LogP contribution in [-0.2, 0) is 11.3 Å². The van der Waals surface area contributed by atoms with Crippen molar-refractivity contribution in [3.8, 4) is 0 Å². The standard InChI is InChI=1S/C21H24FN3O2/c1-23(21(27)17-7-3-2-4-8-17)16-20(26)25-13-11-24(12-14-25)15-18-9-5-6-10-19(18)22/h2-10H,11-16H2,1H3. The van der Waals surface area contributed by atoms with E-state index in [1.807, 2.05) is 12.1 Å². The first kappa shape index (κ1) is 19.0. The van der Waals surface area contributed by atoms with Crippen LogP contribution >= 0.6 is 0 Å². The van der Waals surface area contributed by atoms with Crippen LogP contribution in [0.5, 0.6) is 0 Å². The molecule has 0 radical (unpaired) electrons. The van der Waals surface area contributed by atoms with E-state index in [0.717, 1.165) is 0 Å². The zero-order valence-corrected chi connectivity index (χ0v) is 15.5. The molecule has 1 saturated heterocycles. The number of halogens is 1. The van der Waals surface area contributed by atoms with E-state index in [9.17, 15) is 14.0 Å². The fraction of sp³-hybridized carbons (Fsp3) is 0.333. The van der Waals surface area contributed by atoms with Crippen molar-refractivity contribution in [1.29, 1.82) is 0 Å². The summed E-state index contributed by atoms with van der Waals surface area (Å²) < 4.78 is 13.8. The maximum Gasteiger partial charge on any atom is 0.254 e. The van der Waals surface area contributed by atoms with Crippen LogP contribution in [0.1, 0.15) is 15.9 Å². The monoisotopic (exact) mass is 369 g/mol. The molecular formula is C21H24FN3O2. The molecule has 0 N–H and O–H groups in total. The number of carbonyl (C=O) groups excluding carboxylic acids is 2. The summed E-state index contributed by atoms with van der Waals surface area (Å²) in [7, 11) is 1.64. The van der Waals surface area contributed by atoms with Gasteiger partial charge in [0, 0.05) is 50.9 Å². The van der Waals surface area contributed by atoms with Gasteiger partial charge in [0.15, 0.2) is 0 Å². The molecule has 0 atom stereocenters. The second-order valence-electron chi connectivity index (χ2n) is 6.78. The number of piperazine rings is 1. The number of hydrogen-bond donors (Lipinski definition) is 0. The number of likely N-dealkylation sites (N-methyl/N-ethyl adjacent to an activating group) is 1. The fourth-order valence-electron chi connectivity index (χ4n) is 3.20. The normalized spacial score (nSPS) is 14.8. The fourth-order valence-corrected chi connectivity index (χ4v) is 3.20. The van der Waals surface area contributed by atoms with Crippen molar-refractivity contribution in [2.45, 2.75) is 6.54 Å². The lowest BCUT2D eigenvalue weighted by molar-refractivity contribution is -0.133. The Balaban J connectivity index is 1.48. The average Bonchev–Trinajstić information content (AvgIpc) is 2.70. The molecule has 6 heteroatoms. The molecule has 0 bridgehead atoms. The molecular weight excluding hydrogens is 345 g/mol. The number of carbonyl (C=O) groups is 2. The average molecular weight is 369 g/mol. The van der Waals surface area contributed by atoms with E-state index in [1.54, 1.807) is 48.3 Å². The summed E-state index contributed by atoms with van der Waals surface area (Å²) in [6, 6.07) is 15.7. The van der Waals surface area contributed by atoms with Crippen molar-refractivity contribution in [3.63, 3.8) is 0 Å². The highest BCUT2D eigenvalue weighted by molar-refractivity contribution is 5.96. The van der Waals surface area contributed by atoms with Gasteiger partial charge in [-0.25, -0.2) is 4.39 Å². The Labute approximate surface area is 159 Å². The Bertz CT molecular complexity index is 789. The summed E-state index contributed by atoms with van der Waals surface area (Å²) in [4.78, 5) is 30.2. The molecule has 2 aromatic carbocycles. The minimum atomic E-state index is -0.197. The summed E-state index contributed by atoms with van der Waals surface area (Å²) in [6.45, 7) is 3.15. The van der Waals surface area contributed by atoms with E-state index in [1.165, 1.54) is 11.0 Å². The van der Waals surface area contributed by atoms with Gasteiger partial charge in [-0.1, -0.05) is 36.4 Å². The van der Waals surface area contributed by atoms with Crippen molar-refractivity contribution < 1.29 is 14.0 Å². The minimum absolute atomic E-state index is 0.0566. The highest BCUT2D eigenvalue weighted by Gasteiger charge is 2.24. The molecule has 0 aliphatic carbocycles. The van der Waals surface area contributed by atoms with Gasteiger partial charge in [-0.15, -0.1) is 0 Å². The van der Waals surface area contributed by atoms with E-state index in [4.69, 9.17) is 0 Å². The quantitative estimate of drug-likeness (QED) is 0.812. The van der Waals surface area contributed by atoms with E-state index < -0.39 is 0 Å². The molecule has 1 fully saturated rings. The third-order valence-corrected chi connectivity index (χ3v) is 4.82.